The fourth-order valence-corrected chi connectivity index (χ4v) is 4.44. The Bertz CT molecular complexity index is 1210. The highest BCUT2D eigenvalue weighted by atomic mass is 16.5. The zero-order chi connectivity index (χ0) is 24.9. The smallest absolute Gasteiger partial charge is 0.412 e. The standard InChI is InChI=1S/C26H28N4O5/c1-3-13-30(14-12-24(31)32)25(33)22-15-23(28-29(22)2)27-26(34)35-16-21-19-10-6-4-8-17(19)18-9-5-7-11-20(18)21/h4-11,15,21H,3,12-14,16H2,1-2H3,(H,31,32)(H,27,28,34). The number of benzene rings is 2. The molecule has 2 N–H and O–H groups in total. The van der Waals surface area contributed by atoms with Gasteiger partial charge in [0.1, 0.15) is 12.3 Å². The molecule has 1 heterocycles. The molecule has 9 heteroatoms. The number of amides is 2. The fraction of sp³-hybridized carbons (Fsp3) is 0.308. The minimum atomic E-state index is -0.971. The van der Waals surface area contributed by atoms with Crippen molar-refractivity contribution >= 4 is 23.8 Å². The van der Waals surface area contributed by atoms with E-state index < -0.39 is 12.1 Å². The molecule has 182 valence electrons. The van der Waals surface area contributed by atoms with Gasteiger partial charge in [-0.05, 0) is 28.7 Å². The molecule has 1 aliphatic carbocycles. The molecule has 1 aliphatic rings. The average molecular weight is 477 g/mol. The lowest BCUT2D eigenvalue weighted by molar-refractivity contribution is -0.137. The topological polar surface area (TPSA) is 114 Å². The van der Waals surface area contributed by atoms with Gasteiger partial charge in [-0.2, -0.15) is 5.10 Å². The summed E-state index contributed by atoms with van der Waals surface area (Å²) < 4.78 is 6.91. The maximum absolute atomic E-state index is 12.9. The van der Waals surface area contributed by atoms with Gasteiger partial charge in [0.15, 0.2) is 5.82 Å². The number of aryl methyl sites for hydroxylation is 1. The maximum Gasteiger partial charge on any atom is 0.412 e. The van der Waals surface area contributed by atoms with Gasteiger partial charge >= 0.3 is 12.1 Å². The van der Waals surface area contributed by atoms with Crippen molar-refractivity contribution < 1.29 is 24.2 Å². The zero-order valence-electron chi connectivity index (χ0n) is 19.7. The molecular formula is C26H28N4O5. The molecule has 0 saturated carbocycles. The van der Waals surface area contributed by atoms with Crippen molar-refractivity contribution in [3.05, 3.63) is 71.4 Å². The third-order valence-electron chi connectivity index (χ3n) is 6.05. The van der Waals surface area contributed by atoms with Crippen LogP contribution in [0.1, 0.15) is 47.3 Å². The second-order valence-electron chi connectivity index (χ2n) is 8.42. The molecule has 2 aromatic carbocycles. The quantitative estimate of drug-likeness (QED) is 0.481. The minimum Gasteiger partial charge on any atom is -0.481 e. The molecule has 4 rings (SSSR count). The van der Waals surface area contributed by atoms with Gasteiger partial charge in [0.05, 0.1) is 6.42 Å². The largest absolute Gasteiger partial charge is 0.481 e. The number of carboxylic acid groups (broad SMARTS) is 1. The first kappa shape index (κ1) is 24.0. The van der Waals surface area contributed by atoms with Crippen LogP contribution in [0, 0.1) is 0 Å². The molecule has 0 bridgehead atoms. The molecule has 0 saturated heterocycles. The van der Waals surface area contributed by atoms with Gasteiger partial charge in [0.25, 0.3) is 5.91 Å². The fourth-order valence-electron chi connectivity index (χ4n) is 4.44. The highest BCUT2D eigenvalue weighted by molar-refractivity contribution is 5.94. The number of ether oxygens (including phenoxy) is 1. The summed E-state index contributed by atoms with van der Waals surface area (Å²) in [5, 5.41) is 15.8. The van der Waals surface area contributed by atoms with Crippen LogP contribution in [-0.4, -0.2) is 57.5 Å². The predicted octanol–water partition coefficient (Wildman–Crippen LogP) is 4.11. The van der Waals surface area contributed by atoms with Gasteiger partial charge in [-0.15, -0.1) is 0 Å². The van der Waals surface area contributed by atoms with Gasteiger partial charge in [-0.3, -0.25) is 19.6 Å². The Hall–Kier alpha value is -4.14. The Morgan fingerprint density at radius 3 is 2.29 bits per heavy atom. The molecular weight excluding hydrogens is 448 g/mol. The van der Waals surface area contributed by atoms with Gasteiger partial charge in [0.2, 0.25) is 0 Å². The first-order valence-electron chi connectivity index (χ1n) is 11.6. The van der Waals surface area contributed by atoms with E-state index >= 15 is 0 Å². The minimum absolute atomic E-state index is 0.0640. The van der Waals surface area contributed by atoms with Crippen LogP contribution in [0.4, 0.5) is 10.6 Å². The molecule has 1 aromatic heterocycles. The third kappa shape index (κ3) is 5.18. The van der Waals surface area contributed by atoms with Gasteiger partial charge < -0.3 is 14.7 Å². The first-order valence-corrected chi connectivity index (χ1v) is 11.6. The van der Waals surface area contributed by atoms with Crippen molar-refractivity contribution in [1.29, 1.82) is 0 Å². The number of nitrogens with zero attached hydrogens (tertiary/aromatic N) is 3. The van der Waals surface area contributed by atoms with Gasteiger partial charge in [-0.1, -0.05) is 55.5 Å². The van der Waals surface area contributed by atoms with Crippen LogP contribution >= 0.6 is 0 Å². The Labute approximate surface area is 203 Å². The number of nitrogens with one attached hydrogen (secondary N) is 1. The predicted molar refractivity (Wildman–Crippen MR) is 130 cm³/mol. The highest BCUT2D eigenvalue weighted by Crippen LogP contribution is 2.44. The van der Waals surface area contributed by atoms with Crippen LogP contribution in [0.3, 0.4) is 0 Å². The van der Waals surface area contributed by atoms with Gasteiger partial charge in [-0.25, -0.2) is 4.79 Å². The van der Waals surface area contributed by atoms with E-state index in [0.29, 0.717) is 13.0 Å². The third-order valence-corrected chi connectivity index (χ3v) is 6.05. The molecule has 2 amide bonds. The van der Waals surface area contributed by atoms with E-state index in [0.717, 1.165) is 22.3 Å². The molecule has 0 spiro atoms. The number of hydrogen-bond donors (Lipinski definition) is 2. The van der Waals surface area contributed by atoms with E-state index in [2.05, 4.69) is 22.5 Å². The summed E-state index contributed by atoms with van der Waals surface area (Å²) in [5.74, 6) is -1.20. The molecule has 0 unspecified atom stereocenters. The van der Waals surface area contributed by atoms with Crippen molar-refractivity contribution in [1.82, 2.24) is 14.7 Å². The Kier molecular flexibility index (Phi) is 7.14. The van der Waals surface area contributed by atoms with Crippen molar-refractivity contribution in [2.45, 2.75) is 25.7 Å². The monoisotopic (exact) mass is 476 g/mol. The van der Waals surface area contributed by atoms with E-state index in [4.69, 9.17) is 9.84 Å². The Morgan fingerprint density at radius 2 is 1.69 bits per heavy atom. The number of aliphatic carboxylic acids is 1. The molecule has 9 nitrogen and oxygen atoms in total. The Morgan fingerprint density at radius 1 is 1.06 bits per heavy atom. The van der Waals surface area contributed by atoms with Crippen LogP contribution in [-0.2, 0) is 16.6 Å². The number of carbonyl (C=O) groups is 3. The molecule has 0 radical (unpaired) electrons. The summed E-state index contributed by atoms with van der Waals surface area (Å²) in [6.07, 6.45) is -0.122. The lowest BCUT2D eigenvalue weighted by Crippen LogP contribution is -2.34. The van der Waals surface area contributed by atoms with Crippen molar-refractivity contribution in [2.75, 3.05) is 25.0 Å². The van der Waals surface area contributed by atoms with Crippen molar-refractivity contribution in [3.63, 3.8) is 0 Å². The maximum atomic E-state index is 12.9. The zero-order valence-corrected chi connectivity index (χ0v) is 19.7. The number of aromatic nitrogens is 2. The highest BCUT2D eigenvalue weighted by Gasteiger charge is 2.29. The van der Waals surface area contributed by atoms with E-state index in [1.807, 2.05) is 43.3 Å². The summed E-state index contributed by atoms with van der Waals surface area (Å²) in [4.78, 5) is 37.9. The van der Waals surface area contributed by atoms with Crippen LogP contribution < -0.4 is 5.32 Å². The second kappa shape index (κ2) is 10.4. The average Bonchev–Trinajstić information content (AvgIpc) is 3.37. The molecule has 0 aliphatic heterocycles. The molecule has 3 aromatic rings. The van der Waals surface area contributed by atoms with Crippen molar-refractivity contribution in [2.24, 2.45) is 7.05 Å². The summed E-state index contributed by atoms with van der Waals surface area (Å²) in [6, 6.07) is 17.6. The van der Waals surface area contributed by atoms with Crippen LogP contribution in [0.2, 0.25) is 0 Å². The summed E-state index contributed by atoms with van der Waals surface area (Å²) in [5.41, 5.74) is 4.76. The summed E-state index contributed by atoms with van der Waals surface area (Å²) in [7, 11) is 1.59. The second-order valence-corrected chi connectivity index (χ2v) is 8.42. The van der Waals surface area contributed by atoms with Crippen LogP contribution in [0.25, 0.3) is 11.1 Å². The van der Waals surface area contributed by atoms with Gasteiger partial charge in [0, 0.05) is 32.1 Å². The van der Waals surface area contributed by atoms with E-state index in [-0.39, 0.29) is 42.9 Å². The number of anilines is 1. The number of rotatable bonds is 9. The van der Waals surface area contributed by atoms with Crippen LogP contribution in [0.5, 0.6) is 0 Å². The summed E-state index contributed by atoms with van der Waals surface area (Å²) >= 11 is 0. The normalized spacial score (nSPS) is 12.1. The van der Waals surface area contributed by atoms with E-state index in [9.17, 15) is 14.4 Å². The molecule has 0 fully saturated rings. The molecule has 35 heavy (non-hydrogen) atoms. The van der Waals surface area contributed by atoms with Crippen LogP contribution in [0.15, 0.2) is 54.6 Å². The van der Waals surface area contributed by atoms with E-state index in [1.165, 1.54) is 15.6 Å². The lowest BCUT2D eigenvalue weighted by Gasteiger charge is -2.21. The number of fused-ring (bicyclic) bond motifs is 3. The summed E-state index contributed by atoms with van der Waals surface area (Å²) in [6.45, 7) is 2.60. The van der Waals surface area contributed by atoms with E-state index in [1.54, 1.807) is 7.05 Å². The molecule has 0 atom stereocenters. The van der Waals surface area contributed by atoms with Crippen molar-refractivity contribution in [3.8, 4) is 11.1 Å². The lowest BCUT2D eigenvalue weighted by atomic mass is 9.98. The number of carbonyl (C=O) groups excluding carboxylic acids is 2. The first-order chi connectivity index (χ1) is 16.9. The SMILES string of the molecule is CCCN(CCC(=O)O)C(=O)c1cc(NC(=O)OCC2c3ccccc3-c3ccccc32)nn1C. The number of carboxylic acids is 1. The Balaban J connectivity index is 1.41. The number of hydrogen-bond acceptors (Lipinski definition) is 5.